The number of hydrogen-bond acceptors (Lipinski definition) is 4. The summed E-state index contributed by atoms with van der Waals surface area (Å²) in [5.41, 5.74) is 0.562. The van der Waals surface area contributed by atoms with E-state index < -0.39 is 6.10 Å². The molecule has 0 bridgehead atoms. The third kappa shape index (κ3) is 2.87. The fourth-order valence-corrected chi connectivity index (χ4v) is 2.91. The molecule has 2 rings (SSSR count). The Labute approximate surface area is 119 Å². The number of methoxy groups -OCH3 is 1. The Morgan fingerprint density at radius 2 is 2.28 bits per heavy atom. The molecule has 0 fully saturated rings. The normalized spacial score (nSPS) is 12.9. The zero-order valence-electron chi connectivity index (χ0n) is 9.64. The Hall–Kier alpha value is -0.590. The predicted octanol–water partition coefficient (Wildman–Crippen LogP) is 2.98. The zero-order chi connectivity index (χ0) is 13.1. The number of aliphatic hydroxyl groups excluding tert-OH is 1. The van der Waals surface area contributed by atoms with Crippen molar-refractivity contribution in [3.8, 4) is 0 Å². The molecule has 0 aromatic carbocycles. The average molecular weight is 307 g/mol. The second kappa shape index (κ2) is 6.04. The van der Waals surface area contributed by atoms with Crippen LogP contribution in [0, 0.1) is 0 Å². The van der Waals surface area contributed by atoms with E-state index in [0.717, 1.165) is 4.88 Å². The predicted molar refractivity (Wildman–Crippen MR) is 72.5 cm³/mol. The van der Waals surface area contributed by atoms with Crippen molar-refractivity contribution in [2.45, 2.75) is 12.6 Å². The van der Waals surface area contributed by atoms with Crippen LogP contribution >= 0.6 is 34.5 Å². The van der Waals surface area contributed by atoms with Crippen molar-refractivity contribution in [2.75, 3.05) is 13.7 Å². The molecule has 1 unspecified atom stereocenters. The summed E-state index contributed by atoms with van der Waals surface area (Å²) < 4.78 is 7.27. The van der Waals surface area contributed by atoms with E-state index >= 15 is 0 Å². The first-order chi connectivity index (χ1) is 8.63. The highest BCUT2D eigenvalue weighted by atomic mass is 35.5. The lowest BCUT2D eigenvalue weighted by molar-refractivity contribution is 0.172. The Kier molecular flexibility index (Phi) is 4.64. The molecule has 1 atom stereocenters. The summed E-state index contributed by atoms with van der Waals surface area (Å²) in [5.74, 6) is 0. The van der Waals surface area contributed by atoms with Gasteiger partial charge in [-0.1, -0.05) is 23.2 Å². The van der Waals surface area contributed by atoms with Gasteiger partial charge in [0.05, 0.1) is 34.4 Å². The monoisotopic (exact) mass is 306 g/mol. The fourth-order valence-electron chi connectivity index (χ4n) is 1.61. The van der Waals surface area contributed by atoms with Gasteiger partial charge in [-0.05, 0) is 12.1 Å². The molecule has 18 heavy (non-hydrogen) atoms. The van der Waals surface area contributed by atoms with Gasteiger partial charge in [0.2, 0.25) is 0 Å². The molecule has 2 heterocycles. The second-order valence-electron chi connectivity index (χ2n) is 3.64. The standard InChI is InChI=1S/C11H12Cl2N2O2S/c1-17-5-4-15-10(7(12)6-14-15)11(16)8-2-3-9(13)18-8/h2-3,6,11,16H,4-5H2,1H3. The molecular formula is C11H12Cl2N2O2S. The summed E-state index contributed by atoms with van der Waals surface area (Å²) >= 11 is 13.2. The molecule has 2 aromatic heterocycles. The molecule has 98 valence electrons. The van der Waals surface area contributed by atoms with E-state index in [-0.39, 0.29) is 0 Å². The molecule has 0 saturated heterocycles. The van der Waals surface area contributed by atoms with E-state index in [2.05, 4.69) is 5.10 Å². The Morgan fingerprint density at radius 3 is 2.89 bits per heavy atom. The van der Waals surface area contributed by atoms with Crippen LogP contribution in [0.15, 0.2) is 18.3 Å². The molecule has 0 saturated carbocycles. The number of hydrogen-bond donors (Lipinski definition) is 1. The number of ether oxygens (including phenoxy) is 1. The summed E-state index contributed by atoms with van der Waals surface area (Å²) in [6.45, 7) is 1.04. The quantitative estimate of drug-likeness (QED) is 0.924. The van der Waals surface area contributed by atoms with E-state index in [1.165, 1.54) is 17.5 Å². The van der Waals surface area contributed by atoms with Crippen molar-refractivity contribution in [1.29, 1.82) is 0 Å². The second-order valence-corrected chi connectivity index (χ2v) is 5.79. The van der Waals surface area contributed by atoms with Crippen LogP contribution < -0.4 is 0 Å². The van der Waals surface area contributed by atoms with Crippen LogP contribution in [-0.4, -0.2) is 28.6 Å². The van der Waals surface area contributed by atoms with Crippen molar-refractivity contribution in [2.24, 2.45) is 0 Å². The molecule has 0 radical (unpaired) electrons. The van der Waals surface area contributed by atoms with Gasteiger partial charge in [0.25, 0.3) is 0 Å². The molecule has 0 amide bonds. The highest BCUT2D eigenvalue weighted by molar-refractivity contribution is 7.16. The molecule has 1 N–H and O–H groups in total. The number of thiophene rings is 1. The largest absolute Gasteiger partial charge is 0.383 e. The molecule has 0 aliphatic carbocycles. The van der Waals surface area contributed by atoms with Crippen LogP contribution in [-0.2, 0) is 11.3 Å². The summed E-state index contributed by atoms with van der Waals surface area (Å²) in [7, 11) is 1.61. The van der Waals surface area contributed by atoms with Crippen LogP contribution in [0.4, 0.5) is 0 Å². The molecule has 7 heteroatoms. The number of aromatic nitrogens is 2. The number of nitrogens with zero attached hydrogens (tertiary/aromatic N) is 2. The third-order valence-corrected chi connectivity index (χ3v) is 4.04. The topological polar surface area (TPSA) is 47.3 Å². The van der Waals surface area contributed by atoms with Crippen LogP contribution in [0.5, 0.6) is 0 Å². The van der Waals surface area contributed by atoms with Gasteiger partial charge in [0.15, 0.2) is 0 Å². The first-order valence-electron chi connectivity index (χ1n) is 5.27. The zero-order valence-corrected chi connectivity index (χ0v) is 12.0. The van der Waals surface area contributed by atoms with E-state index in [4.69, 9.17) is 27.9 Å². The maximum absolute atomic E-state index is 10.3. The van der Waals surface area contributed by atoms with Crippen molar-refractivity contribution in [3.63, 3.8) is 0 Å². The maximum atomic E-state index is 10.3. The van der Waals surface area contributed by atoms with Crippen molar-refractivity contribution in [3.05, 3.63) is 38.3 Å². The van der Waals surface area contributed by atoms with Crippen molar-refractivity contribution in [1.82, 2.24) is 9.78 Å². The maximum Gasteiger partial charge on any atom is 0.131 e. The van der Waals surface area contributed by atoms with Gasteiger partial charge < -0.3 is 9.84 Å². The van der Waals surface area contributed by atoms with E-state index in [9.17, 15) is 5.11 Å². The Morgan fingerprint density at radius 1 is 1.50 bits per heavy atom. The van der Waals surface area contributed by atoms with E-state index in [1.54, 1.807) is 23.9 Å². The molecule has 0 spiro atoms. The van der Waals surface area contributed by atoms with E-state index in [0.29, 0.717) is 28.2 Å². The van der Waals surface area contributed by atoms with Gasteiger partial charge in [0.1, 0.15) is 6.10 Å². The van der Waals surface area contributed by atoms with Crippen molar-refractivity contribution >= 4 is 34.5 Å². The molecular weight excluding hydrogens is 295 g/mol. The number of halogens is 2. The smallest absolute Gasteiger partial charge is 0.131 e. The minimum absolute atomic E-state index is 0.433. The van der Waals surface area contributed by atoms with Gasteiger partial charge >= 0.3 is 0 Å². The lowest BCUT2D eigenvalue weighted by atomic mass is 10.2. The SMILES string of the molecule is COCCn1ncc(Cl)c1C(O)c1ccc(Cl)s1. The van der Waals surface area contributed by atoms with Crippen LogP contribution in [0.1, 0.15) is 16.7 Å². The van der Waals surface area contributed by atoms with Gasteiger partial charge in [-0.25, -0.2) is 0 Å². The van der Waals surface area contributed by atoms with Crippen molar-refractivity contribution < 1.29 is 9.84 Å². The van der Waals surface area contributed by atoms with Gasteiger partial charge in [-0.15, -0.1) is 11.3 Å². The van der Waals surface area contributed by atoms with Crippen LogP contribution in [0.2, 0.25) is 9.36 Å². The lowest BCUT2D eigenvalue weighted by Crippen LogP contribution is -2.13. The molecule has 0 aliphatic heterocycles. The van der Waals surface area contributed by atoms with Crippen LogP contribution in [0.3, 0.4) is 0 Å². The Bertz CT molecular complexity index is 527. The number of rotatable bonds is 5. The minimum Gasteiger partial charge on any atom is -0.383 e. The number of aliphatic hydroxyl groups is 1. The third-order valence-electron chi connectivity index (χ3n) is 2.46. The van der Waals surface area contributed by atoms with Gasteiger partial charge in [-0.3, -0.25) is 4.68 Å². The highest BCUT2D eigenvalue weighted by Gasteiger charge is 2.21. The van der Waals surface area contributed by atoms with Gasteiger partial charge in [0, 0.05) is 12.0 Å². The molecule has 4 nitrogen and oxygen atoms in total. The van der Waals surface area contributed by atoms with E-state index in [1.807, 2.05) is 0 Å². The summed E-state index contributed by atoms with van der Waals surface area (Å²) in [6, 6.07) is 3.52. The van der Waals surface area contributed by atoms with Gasteiger partial charge in [-0.2, -0.15) is 5.10 Å². The molecule has 2 aromatic rings. The summed E-state index contributed by atoms with van der Waals surface area (Å²) in [4.78, 5) is 0.737. The first kappa shape index (κ1) is 13.8. The highest BCUT2D eigenvalue weighted by Crippen LogP contribution is 2.33. The summed E-state index contributed by atoms with van der Waals surface area (Å²) in [6.07, 6.45) is 0.694. The molecule has 0 aliphatic rings. The minimum atomic E-state index is -0.825. The first-order valence-corrected chi connectivity index (χ1v) is 6.84. The fraction of sp³-hybridized carbons (Fsp3) is 0.364. The summed E-state index contributed by atoms with van der Waals surface area (Å²) in [5, 5.41) is 14.9. The Balaban J connectivity index is 2.28. The lowest BCUT2D eigenvalue weighted by Gasteiger charge is -2.12. The average Bonchev–Trinajstić information content (AvgIpc) is 2.92. The van der Waals surface area contributed by atoms with Crippen LogP contribution in [0.25, 0.3) is 0 Å².